The van der Waals surface area contributed by atoms with Gasteiger partial charge in [0.1, 0.15) is 0 Å². The number of thiazole rings is 1. The van der Waals surface area contributed by atoms with Gasteiger partial charge in [0.15, 0.2) is 0 Å². The summed E-state index contributed by atoms with van der Waals surface area (Å²) in [5.74, 6) is 0.320. The van der Waals surface area contributed by atoms with E-state index in [-0.39, 0.29) is 23.1 Å². The first kappa shape index (κ1) is 22.7. The predicted octanol–water partition coefficient (Wildman–Crippen LogP) is 4.27. The van der Waals surface area contributed by atoms with E-state index in [2.05, 4.69) is 15.0 Å². The second-order valence-corrected chi connectivity index (χ2v) is 10.5. The molecule has 2 aromatic rings. The third kappa shape index (κ3) is 5.59. The maximum atomic E-state index is 12.6. The van der Waals surface area contributed by atoms with Crippen molar-refractivity contribution in [2.75, 3.05) is 6.54 Å². The molecule has 1 amide bonds. The largest absolute Gasteiger partial charge is 0.447 e. The van der Waals surface area contributed by atoms with Gasteiger partial charge in [-0.2, -0.15) is 0 Å². The van der Waals surface area contributed by atoms with Crippen molar-refractivity contribution in [3.05, 3.63) is 35.5 Å². The van der Waals surface area contributed by atoms with Gasteiger partial charge in [0.2, 0.25) is 10.0 Å². The molecule has 0 saturated heterocycles. The summed E-state index contributed by atoms with van der Waals surface area (Å²) < 4.78 is 32.8. The number of rotatable bonds is 7. The maximum Gasteiger partial charge on any atom is 0.407 e. The predicted molar refractivity (Wildman–Crippen MR) is 118 cm³/mol. The van der Waals surface area contributed by atoms with Crippen LogP contribution >= 0.6 is 11.3 Å². The first-order chi connectivity index (χ1) is 14.3. The van der Waals surface area contributed by atoms with Gasteiger partial charge in [0.05, 0.1) is 20.9 Å². The normalized spacial score (nSPS) is 19.6. The molecule has 0 unspecified atom stereocenters. The van der Waals surface area contributed by atoms with Crippen LogP contribution in [0.1, 0.15) is 57.4 Å². The van der Waals surface area contributed by atoms with Crippen LogP contribution in [0, 0.1) is 0 Å². The molecule has 164 valence electrons. The highest BCUT2D eigenvalue weighted by atomic mass is 32.2. The Balaban J connectivity index is 1.68. The van der Waals surface area contributed by atoms with E-state index in [1.807, 2.05) is 26.0 Å². The van der Waals surface area contributed by atoms with Crippen molar-refractivity contribution < 1.29 is 17.9 Å². The number of nitrogens with zero attached hydrogens (tertiary/aromatic N) is 1. The highest BCUT2D eigenvalue weighted by molar-refractivity contribution is 7.89. The number of carbonyl (C=O) groups is 1. The van der Waals surface area contributed by atoms with Crippen LogP contribution in [0.3, 0.4) is 0 Å². The molecule has 0 aliphatic heterocycles. The Bertz CT molecular complexity index is 964. The van der Waals surface area contributed by atoms with Crippen LogP contribution in [0.5, 0.6) is 0 Å². The van der Waals surface area contributed by atoms with E-state index >= 15 is 0 Å². The average Bonchev–Trinajstić information content (AvgIpc) is 3.18. The molecule has 1 aliphatic carbocycles. The molecule has 1 aromatic heterocycles. The van der Waals surface area contributed by atoms with Gasteiger partial charge in [0, 0.05) is 30.3 Å². The summed E-state index contributed by atoms with van der Waals surface area (Å²) in [6.45, 7) is 5.77. The summed E-state index contributed by atoms with van der Waals surface area (Å²) in [6.07, 6.45) is 4.88. The third-order valence-corrected chi connectivity index (χ3v) is 7.84. The van der Waals surface area contributed by atoms with Gasteiger partial charge in [-0.3, -0.25) is 0 Å². The van der Waals surface area contributed by atoms with E-state index < -0.39 is 10.0 Å². The summed E-state index contributed by atoms with van der Waals surface area (Å²) in [6, 6.07) is 7.14. The van der Waals surface area contributed by atoms with Crippen LogP contribution in [0.2, 0.25) is 0 Å². The zero-order valence-corrected chi connectivity index (χ0v) is 19.2. The van der Waals surface area contributed by atoms with Gasteiger partial charge in [-0.25, -0.2) is 22.9 Å². The Labute approximate surface area is 182 Å². The van der Waals surface area contributed by atoms with Crippen LogP contribution < -0.4 is 10.0 Å². The zero-order valence-electron chi connectivity index (χ0n) is 17.6. The molecule has 1 heterocycles. The van der Waals surface area contributed by atoms with E-state index in [0.717, 1.165) is 35.6 Å². The summed E-state index contributed by atoms with van der Waals surface area (Å²) in [4.78, 5) is 17.5. The van der Waals surface area contributed by atoms with Crippen LogP contribution in [0.15, 0.2) is 35.4 Å². The molecule has 1 aromatic carbocycles. The molecular weight excluding hydrogens is 422 g/mol. The molecule has 0 atom stereocenters. The van der Waals surface area contributed by atoms with Crippen LogP contribution in [0.25, 0.3) is 10.4 Å². The Morgan fingerprint density at radius 1 is 1.23 bits per heavy atom. The lowest BCUT2D eigenvalue weighted by atomic mass is 9.86. The Morgan fingerprint density at radius 2 is 1.93 bits per heavy atom. The van der Waals surface area contributed by atoms with Gasteiger partial charge >= 0.3 is 6.09 Å². The van der Waals surface area contributed by atoms with Gasteiger partial charge in [-0.05, 0) is 45.6 Å². The fourth-order valence-corrected chi connectivity index (χ4v) is 6.12. The second kappa shape index (κ2) is 9.89. The molecule has 30 heavy (non-hydrogen) atoms. The van der Waals surface area contributed by atoms with E-state index in [0.29, 0.717) is 18.0 Å². The molecular formula is C21H29N3O4S2. The monoisotopic (exact) mass is 451 g/mol. The molecule has 0 spiro atoms. The Hall–Kier alpha value is -1.97. The average molecular weight is 452 g/mol. The summed E-state index contributed by atoms with van der Waals surface area (Å²) >= 11 is 1.55. The topological polar surface area (TPSA) is 97.4 Å². The van der Waals surface area contributed by atoms with Crippen LogP contribution in [-0.2, 0) is 14.8 Å². The number of alkyl carbamates (subject to hydrolysis) is 1. The first-order valence-electron chi connectivity index (χ1n) is 10.3. The van der Waals surface area contributed by atoms with Crippen LogP contribution in [-0.4, -0.2) is 38.2 Å². The lowest BCUT2D eigenvalue weighted by Crippen LogP contribution is -2.38. The number of nitrogens with one attached hydrogen (secondary N) is 2. The van der Waals surface area contributed by atoms with Crippen molar-refractivity contribution in [3.63, 3.8) is 0 Å². The zero-order chi connectivity index (χ0) is 21.7. The van der Waals surface area contributed by atoms with Crippen molar-refractivity contribution in [2.24, 2.45) is 0 Å². The fraction of sp³-hybridized carbons (Fsp3) is 0.524. The van der Waals surface area contributed by atoms with E-state index in [1.54, 1.807) is 36.6 Å². The molecule has 3 rings (SSSR count). The minimum atomic E-state index is -3.56. The van der Waals surface area contributed by atoms with Crippen molar-refractivity contribution in [3.8, 4) is 10.4 Å². The third-order valence-electron chi connectivity index (χ3n) is 5.04. The number of sulfonamides is 1. The number of ether oxygens (including phenoxy) is 1. The van der Waals surface area contributed by atoms with Crippen LogP contribution in [0.4, 0.5) is 4.79 Å². The molecule has 0 bridgehead atoms. The number of carbonyl (C=O) groups excluding carboxylic acids is 1. The minimum absolute atomic E-state index is 0.123. The van der Waals surface area contributed by atoms with E-state index in [9.17, 15) is 13.2 Å². The summed E-state index contributed by atoms with van der Waals surface area (Å²) in [5, 5.41) is 3.95. The number of hydrogen-bond donors (Lipinski definition) is 2. The lowest BCUT2D eigenvalue weighted by Gasteiger charge is -2.28. The number of benzene rings is 1. The van der Waals surface area contributed by atoms with Gasteiger partial charge < -0.3 is 10.1 Å². The molecule has 7 nitrogen and oxygen atoms in total. The van der Waals surface area contributed by atoms with Crippen molar-refractivity contribution in [1.29, 1.82) is 0 Å². The van der Waals surface area contributed by atoms with E-state index in [1.165, 1.54) is 0 Å². The molecule has 0 radical (unpaired) electrons. The Morgan fingerprint density at radius 3 is 2.60 bits per heavy atom. The maximum absolute atomic E-state index is 12.6. The molecule has 1 fully saturated rings. The SMILES string of the molecule is CCNS(=O)(=O)c1ccccc1-c1cnc(C2CCC(NC(=O)OC(C)C)CC2)s1. The number of hydrogen-bond acceptors (Lipinski definition) is 6. The molecule has 2 N–H and O–H groups in total. The van der Waals surface area contributed by atoms with Crippen molar-refractivity contribution in [1.82, 2.24) is 15.0 Å². The standard InChI is InChI=1S/C21H29N3O4S2/c1-4-23-30(26,27)19-8-6-5-7-17(19)18-13-22-20(29-18)15-9-11-16(12-10-15)24-21(25)28-14(2)3/h5-8,13-16,23H,4,9-12H2,1-3H3,(H,24,25). The minimum Gasteiger partial charge on any atom is -0.447 e. The van der Waals surface area contributed by atoms with Gasteiger partial charge in [-0.15, -0.1) is 11.3 Å². The molecule has 1 aliphatic rings. The number of aromatic nitrogens is 1. The van der Waals surface area contributed by atoms with Crippen molar-refractivity contribution in [2.45, 2.75) is 69.4 Å². The highest BCUT2D eigenvalue weighted by Crippen LogP contribution is 2.39. The second-order valence-electron chi connectivity index (χ2n) is 7.71. The Kier molecular flexibility index (Phi) is 7.49. The first-order valence-corrected chi connectivity index (χ1v) is 12.6. The number of amides is 1. The lowest BCUT2D eigenvalue weighted by molar-refractivity contribution is 0.109. The summed E-state index contributed by atoms with van der Waals surface area (Å²) in [7, 11) is -3.56. The van der Waals surface area contributed by atoms with E-state index in [4.69, 9.17) is 4.74 Å². The van der Waals surface area contributed by atoms with Gasteiger partial charge in [-0.1, -0.05) is 25.1 Å². The molecule has 9 heteroatoms. The highest BCUT2D eigenvalue weighted by Gasteiger charge is 2.27. The van der Waals surface area contributed by atoms with Gasteiger partial charge in [0.25, 0.3) is 0 Å². The molecule has 1 saturated carbocycles. The summed E-state index contributed by atoms with van der Waals surface area (Å²) in [5.41, 5.74) is 0.675. The smallest absolute Gasteiger partial charge is 0.407 e. The fourth-order valence-electron chi connectivity index (χ4n) is 3.67. The quantitative estimate of drug-likeness (QED) is 0.655. The van der Waals surface area contributed by atoms with Crippen molar-refractivity contribution >= 4 is 27.5 Å².